The van der Waals surface area contributed by atoms with E-state index in [0.717, 1.165) is 19.4 Å². The zero-order chi connectivity index (χ0) is 14.8. The zero-order valence-electron chi connectivity index (χ0n) is 13.9. The summed E-state index contributed by atoms with van der Waals surface area (Å²) in [4.78, 5) is 0. The summed E-state index contributed by atoms with van der Waals surface area (Å²) in [5, 5.41) is 8.47. The summed E-state index contributed by atoms with van der Waals surface area (Å²) in [7, 11) is 0. The molecule has 0 aromatic carbocycles. The Labute approximate surface area is 124 Å². The average Bonchev–Trinajstić information content (AvgIpc) is 2.78. The molecule has 1 saturated carbocycles. The van der Waals surface area contributed by atoms with Gasteiger partial charge in [0.2, 0.25) is 0 Å². The standard InChI is InChI=1S/C17H31N3/c1-6-14(2)20-11-8-15(19-20)12-17(9-7-10-17)13-18-16(3,4)5/h8,11,14,18H,6-7,9-10,12-13H2,1-5H3. The van der Waals surface area contributed by atoms with Crippen molar-refractivity contribution in [3.05, 3.63) is 18.0 Å². The Morgan fingerprint density at radius 3 is 2.60 bits per heavy atom. The van der Waals surface area contributed by atoms with Crippen LogP contribution in [0.1, 0.15) is 72.0 Å². The molecule has 3 nitrogen and oxygen atoms in total. The first-order valence-corrected chi connectivity index (χ1v) is 8.13. The van der Waals surface area contributed by atoms with Gasteiger partial charge in [-0.05, 0) is 64.9 Å². The lowest BCUT2D eigenvalue weighted by molar-refractivity contribution is 0.116. The summed E-state index contributed by atoms with van der Waals surface area (Å²) in [5.41, 5.74) is 1.92. The van der Waals surface area contributed by atoms with Crippen molar-refractivity contribution in [1.82, 2.24) is 15.1 Å². The molecule has 114 valence electrons. The van der Waals surface area contributed by atoms with E-state index in [0.29, 0.717) is 11.5 Å². The van der Waals surface area contributed by atoms with Crippen molar-refractivity contribution in [2.45, 2.75) is 78.3 Å². The lowest BCUT2D eigenvalue weighted by Gasteiger charge is -2.43. The van der Waals surface area contributed by atoms with Crippen molar-refractivity contribution in [2.75, 3.05) is 6.54 Å². The minimum absolute atomic E-state index is 0.207. The second-order valence-electron chi connectivity index (χ2n) is 7.68. The predicted octanol–water partition coefficient (Wildman–Crippen LogP) is 3.96. The highest BCUT2D eigenvalue weighted by Crippen LogP contribution is 2.43. The Bertz CT molecular complexity index is 424. The first-order chi connectivity index (χ1) is 9.34. The third-order valence-electron chi connectivity index (χ3n) is 4.67. The fraction of sp³-hybridized carbons (Fsp3) is 0.824. The van der Waals surface area contributed by atoms with Crippen molar-refractivity contribution in [3.8, 4) is 0 Å². The van der Waals surface area contributed by atoms with Gasteiger partial charge in [0.05, 0.1) is 5.69 Å². The molecule has 0 aliphatic heterocycles. The second-order valence-corrected chi connectivity index (χ2v) is 7.68. The maximum Gasteiger partial charge on any atom is 0.0630 e. The topological polar surface area (TPSA) is 29.9 Å². The van der Waals surface area contributed by atoms with E-state index in [1.54, 1.807) is 0 Å². The van der Waals surface area contributed by atoms with Crippen LogP contribution in [-0.2, 0) is 6.42 Å². The number of hydrogen-bond acceptors (Lipinski definition) is 2. The van der Waals surface area contributed by atoms with Crippen molar-refractivity contribution in [2.24, 2.45) is 5.41 Å². The molecule has 0 radical (unpaired) electrons. The molecule has 0 saturated heterocycles. The van der Waals surface area contributed by atoms with Gasteiger partial charge in [-0.15, -0.1) is 0 Å². The molecule has 1 aliphatic carbocycles. The van der Waals surface area contributed by atoms with E-state index >= 15 is 0 Å². The van der Waals surface area contributed by atoms with Crippen molar-refractivity contribution < 1.29 is 0 Å². The summed E-state index contributed by atoms with van der Waals surface area (Å²) in [5.74, 6) is 0. The Hall–Kier alpha value is -0.830. The number of rotatable bonds is 6. The molecule has 1 heterocycles. The van der Waals surface area contributed by atoms with E-state index in [1.165, 1.54) is 25.0 Å². The van der Waals surface area contributed by atoms with Gasteiger partial charge < -0.3 is 5.32 Å². The van der Waals surface area contributed by atoms with E-state index in [-0.39, 0.29) is 5.54 Å². The van der Waals surface area contributed by atoms with E-state index in [9.17, 15) is 0 Å². The predicted molar refractivity (Wildman–Crippen MR) is 85.0 cm³/mol. The highest BCUT2D eigenvalue weighted by Gasteiger charge is 2.38. The van der Waals surface area contributed by atoms with Crippen LogP contribution in [0.2, 0.25) is 0 Å². The van der Waals surface area contributed by atoms with Crippen LogP contribution < -0.4 is 5.32 Å². The van der Waals surface area contributed by atoms with Crippen LogP contribution in [0.4, 0.5) is 0 Å². The van der Waals surface area contributed by atoms with Crippen LogP contribution in [0, 0.1) is 5.41 Å². The lowest BCUT2D eigenvalue weighted by atomic mass is 9.66. The van der Waals surface area contributed by atoms with E-state index in [1.807, 2.05) is 0 Å². The Morgan fingerprint density at radius 1 is 1.40 bits per heavy atom. The van der Waals surface area contributed by atoms with Gasteiger partial charge in [0, 0.05) is 24.3 Å². The van der Waals surface area contributed by atoms with Gasteiger partial charge in [-0.3, -0.25) is 4.68 Å². The molecule has 3 heteroatoms. The summed E-state index contributed by atoms with van der Waals surface area (Å²) < 4.78 is 2.12. The molecule has 1 aromatic heterocycles. The fourth-order valence-corrected chi connectivity index (χ4v) is 2.83. The molecule has 1 aliphatic rings. The maximum absolute atomic E-state index is 4.78. The molecule has 2 rings (SSSR count). The number of hydrogen-bond donors (Lipinski definition) is 1. The molecule has 0 spiro atoms. The Morgan fingerprint density at radius 2 is 2.10 bits per heavy atom. The van der Waals surface area contributed by atoms with Gasteiger partial charge in [0.15, 0.2) is 0 Å². The average molecular weight is 277 g/mol. The van der Waals surface area contributed by atoms with Crippen LogP contribution in [-0.4, -0.2) is 21.9 Å². The molecule has 1 unspecified atom stereocenters. The van der Waals surface area contributed by atoms with Gasteiger partial charge in [0.1, 0.15) is 0 Å². The van der Waals surface area contributed by atoms with Crippen molar-refractivity contribution in [1.29, 1.82) is 0 Å². The largest absolute Gasteiger partial charge is 0.312 e. The third-order valence-corrected chi connectivity index (χ3v) is 4.67. The number of nitrogens with one attached hydrogen (secondary N) is 1. The van der Waals surface area contributed by atoms with Crippen LogP contribution in [0.25, 0.3) is 0 Å². The highest BCUT2D eigenvalue weighted by atomic mass is 15.3. The molecule has 1 aromatic rings. The lowest BCUT2D eigenvalue weighted by Crippen LogP contribution is -2.48. The minimum Gasteiger partial charge on any atom is -0.312 e. The molecule has 1 atom stereocenters. The minimum atomic E-state index is 0.207. The van der Waals surface area contributed by atoms with Crippen LogP contribution in [0.3, 0.4) is 0 Å². The van der Waals surface area contributed by atoms with Crippen molar-refractivity contribution in [3.63, 3.8) is 0 Å². The smallest absolute Gasteiger partial charge is 0.0630 e. The Kier molecular flexibility index (Phi) is 4.58. The monoisotopic (exact) mass is 277 g/mol. The van der Waals surface area contributed by atoms with E-state index < -0.39 is 0 Å². The van der Waals surface area contributed by atoms with Gasteiger partial charge in [-0.2, -0.15) is 5.10 Å². The molecular formula is C17H31N3. The van der Waals surface area contributed by atoms with Gasteiger partial charge >= 0.3 is 0 Å². The molecule has 20 heavy (non-hydrogen) atoms. The Balaban J connectivity index is 1.97. The first-order valence-electron chi connectivity index (χ1n) is 8.13. The van der Waals surface area contributed by atoms with Gasteiger partial charge in [-0.25, -0.2) is 0 Å². The van der Waals surface area contributed by atoms with Crippen molar-refractivity contribution >= 4 is 0 Å². The van der Waals surface area contributed by atoms with Gasteiger partial charge in [-0.1, -0.05) is 13.3 Å². The summed E-state index contributed by atoms with van der Waals surface area (Å²) in [6.07, 6.45) is 8.46. The van der Waals surface area contributed by atoms with Crippen LogP contribution in [0.15, 0.2) is 12.3 Å². The summed E-state index contributed by atoms with van der Waals surface area (Å²) >= 11 is 0. The van der Waals surface area contributed by atoms with E-state index in [4.69, 9.17) is 5.10 Å². The molecule has 0 amide bonds. The summed E-state index contributed by atoms with van der Waals surface area (Å²) in [6, 6.07) is 2.72. The fourth-order valence-electron chi connectivity index (χ4n) is 2.83. The zero-order valence-corrected chi connectivity index (χ0v) is 13.9. The third kappa shape index (κ3) is 3.85. The first kappa shape index (κ1) is 15.6. The number of aromatic nitrogens is 2. The number of nitrogens with zero attached hydrogens (tertiary/aromatic N) is 2. The van der Waals surface area contributed by atoms with Gasteiger partial charge in [0.25, 0.3) is 0 Å². The summed E-state index contributed by atoms with van der Waals surface area (Å²) in [6.45, 7) is 12.3. The molecule has 0 bridgehead atoms. The van der Waals surface area contributed by atoms with Crippen LogP contribution >= 0.6 is 0 Å². The van der Waals surface area contributed by atoms with Crippen LogP contribution in [0.5, 0.6) is 0 Å². The second kappa shape index (κ2) is 5.88. The normalized spacial score (nSPS) is 19.6. The molecule has 1 fully saturated rings. The SMILES string of the molecule is CCC(C)n1ccc(CC2(CNC(C)(C)C)CCC2)n1. The quantitative estimate of drug-likeness (QED) is 0.853. The van der Waals surface area contributed by atoms with E-state index in [2.05, 4.69) is 56.9 Å². The molecule has 1 N–H and O–H groups in total. The molecular weight excluding hydrogens is 246 g/mol. The maximum atomic E-state index is 4.78. The highest BCUT2D eigenvalue weighted by molar-refractivity contribution is 5.07.